The molecule has 0 radical (unpaired) electrons. The fourth-order valence-corrected chi connectivity index (χ4v) is 3.05. The molecule has 3 rings (SSSR count). The Balaban J connectivity index is 1.54. The van der Waals surface area contributed by atoms with E-state index in [0.29, 0.717) is 11.4 Å². The summed E-state index contributed by atoms with van der Waals surface area (Å²) in [5.74, 6) is -1.43. The lowest BCUT2D eigenvalue weighted by molar-refractivity contribution is -0.132. The van der Waals surface area contributed by atoms with Gasteiger partial charge in [0.15, 0.2) is 0 Å². The highest BCUT2D eigenvalue weighted by atomic mass is 16.2. The standard InChI is InChI=1S/C24H26N4O2/c1-3-28(4-2)22-16-14-21(15-17-22)27-24(30)23(29)26-20-12-10-19(11-13-20)25-18-8-6-5-7-9-18/h5-17,25H,3-4H2,1-2H3,(H,26,29)(H,27,30). The van der Waals surface area contributed by atoms with Crippen LogP contribution >= 0.6 is 0 Å². The van der Waals surface area contributed by atoms with Gasteiger partial charge in [-0.25, -0.2) is 0 Å². The molecular weight excluding hydrogens is 376 g/mol. The van der Waals surface area contributed by atoms with E-state index in [1.165, 1.54) is 0 Å². The first-order chi connectivity index (χ1) is 14.6. The van der Waals surface area contributed by atoms with Crippen LogP contribution in [0.3, 0.4) is 0 Å². The Kier molecular flexibility index (Phi) is 7.05. The fourth-order valence-electron chi connectivity index (χ4n) is 3.05. The SMILES string of the molecule is CCN(CC)c1ccc(NC(=O)C(=O)Nc2ccc(Nc3ccccc3)cc2)cc1. The van der Waals surface area contributed by atoms with Gasteiger partial charge in [0.05, 0.1) is 0 Å². The smallest absolute Gasteiger partial charge is 0.314 e. The summed E-state index contributed by atoms with van der Waals surface area (Å²) in [4.78, 5) is 26.6. The number of anilines is 5. The van der Waals surface area contributed by atoms with Crippen LogP contribution in [0.15, 0.2) is 78.9 Å². The van der Waals surface area contributed by atoms with Gasteiger partial charge in [0, 0.05) is 41.5 Å². The largest absolute Gasteiger partial charge is 0.372 e. The lowest BCUT2D eigenvalue weighted by atomic mass is 10.2. The lowest BCUT2D eigenvalue weighted by Gasteiger charge is -2.21. The second kappa shape index (κ2) is 10.1. The maximum atomic E-state index is 12.2. The summed E-state index contributed by atoms with van der Waals surface area (Å²) >= 11 is 0. The molecular formula is C24H26N4O2. The van der Waals surface area contributed by atoms with Crippen molar-refractivity contribution in [2.24, 2.45) is 0 Å². The van der Waals surface area contributed by atoms with E-state index in [9.17, 15) is 9.59 Å². The molecule has 0 spiro atoms. The summed E-state index contributed by atoms with van der Waals surface area (Å²) in [5.41, 5.74) is 4.06. The molecule has 30 heavy (non-hydrogen) atoms. The van der Waals surface area contributed by atoms with Crippen molar-refractivity contribution in [3.8, 4) is 0 Å². The van der Waals surface area contributed by atoms with E-state index < -0.39 is 11.8 Å². The summed E-state index contributed by atoms with van der Waals surface area (Å²) in [6.45, 7) is 6.00. The van der Waals surface area contributed by atoms with Gasteiger partial charge >= 0.3 is 11.8 Å². The third-order valence-corrected chi connectivity index (χ3v) is 4.67. The van der Waals surface area contributed by atoms with Crippen LogP contribution in [0.5, 0.6) is 0 Å². The van der Waals surface area contributed by atoms with E-state index in [-0.39, 0.29) is 0 Å². The predicted molar refractivity (Wildman–Crippen MR) is 123 cm³/mol. The van der Waals surface area contributed by atoms with Gasteiger partial charge < -0.3 is 20.9 Å². The van der Waals surface area contributed by atoms with E-state index in [1.807, 2.05) is 54.6 Å². The van der Waals surface area contributed by atoms with Gasteiger partial charge in [-0.3, -0.25) is 9.59 Å². The number of amides is 2. The Hall–Kier alpha value is -3.80. The molecule has 3 N–H and O–H groups in total. The molecule has 0 fully saturated rings. The van der Waals surface area contributed by atoms with Crippen molar-refractivity contribution in [1.29, 1.82) is 0 Å². The monoisotopic (exact) mass is 402 g/mol. The molecule has 0 aliphatic heterocycles. The molecule has 6 heteroatoms. The highest BCUT2D eigenvalue weighted by molar-refractivity contribution is 6.43. The van der Waals surface area contributed by atoms with Crippen molar-refractivity contribution in [1.82, 2.24) is 0 Å². The van der Waals surface area contributed by atoms with E-state index in [4.69, 9.17) is 0 Å². The Morgan fingerprint density at radius 2 is 1.07 bits per heavy atom. The fraction of sp³-hybridized carbons (Fsp3) is 0.167. The summed E-state index contributed by atoms with van der Waals surface area (Å²) in [7, 11) is 0. The van der Waals surface area contributed by atoms with Crippen molar-refractivity contribution in [3.63, 3.8) is 0 Å². The van der Waals surface area contributed by atoms with E-state index >= 15 is 0 Å². The second-order valence-corrected chi connectivity index (χ2v) is 6.70. The number of nitrogens with one attached hydrogen (secondary N) is 3. The number of carbonyl (C=O) groups is 2. The van der Waals surface area contributed by atoms with E-state index in [2.05, 4.69) is 34.7 Å². The molecule has 154 valence electrons. The topological polar surface area (TPSA) is 73.5 Å². The van der Waals surface area contributed by atoms with E-state index in [1.54, 1.807) is 24.3 Å². The number of nitrogens with zero attached hydrogens (tertiary/aromatic N) is 1. The van der Waals surface area contributed by atoms with Crippen LogP contribution in [0.1, 0.15) is 13.8 Å². The molecule has 3 aromatic carbocycles. The normalized spacial score (nSPS) is 10.2. The van der Waals surface area contributed by atoms with Crippen molar-refractivity contribution in [2.45, 2.75) is 13.8 Å². The summed E-state index contributed by atoms with van der Waals surface area (Å²) < 4.78 is 0. The zero-order valence-electron chi connectivity index (χ0n) is 17.2. The van der Waals surface area contributed by atoms with Crippen LogP contribution < -0.4 is 20.9 Å². The average Bonchev–Trinajstić information content (AvgIpc) is 2.78. The molecule has 0 atom stereocenters. The minimum absolute atomic E-state index is 0.547. The van der Waals surface area contributed by atoms with Gasteiger partial charge in [-0.15, -0.1) is 0 Å². The lowest BCUT2D eigenvalue weighted by Crippen LogP contribution is -2.29. The third kappa shape index (κ3) is 5.61. The minimum Gasteiger partial charge on any atom is -0.372 e. The highest BCUT2D eigenvalue weighted by Gasteiger charge is 2.14. The highest BCUT2D eigenvalue weighted by Crippen LogP contribution is 2.19. The summed E-state index contributed by atoms with van der Waals surface area (Å²) in [5, 5.41) is 8.51. The van der Waals surface area contributed by atoms with Crippen LogP contribution in [0.2, 0.25) is 0 Å². The first-order valence-electron chi connectivity index (χ1n) is 9.98. The minimum atomic E-state index is -0.716. The van der Waals surface area contributed by atoms with Crippen molar-refractivity contribution in [3.05, 3.63) is 78.9 Å². The van der Waals surface area contributed by atoms with Crippen LogP contribution in [0.4, 0.5) is 28.4 Å². The molecule has 0 heterocycles. The van der Waals surface area contributed by atoms with Gasteiger partial charge in [-0.2, -0.15) is 0 Å². The molecule has 0 aliphatic rings. The zero-order chi connectivity index (χ0) is 21.3. The summed E-state index contributed by atoms with van der Waals surface area (Å²) in [6, 6.07) is 24.4. The predicted octanol–water partition coefficient (Wildman–Crippen LogP) is 4.85. The van der Waals surface area contributed by atoms with Gasteiger partial charge in [0.2, 0.25) is 0 Å². The number of hydrogen-bond donors (Lipinski definition) is 3. The molecule has 3 aromatic rings. The van der Waals surface area contributed by atoms with Crippen molar-refractivity contribution >= 4 is 40.3 Å². The quantitative estimate of drug-likeness (QED) is 0.494. The number of para-hydroxylation sites is 1. The first-order valence-corrected chi connectivity index (χ1v) is 9.98. The Morgan fingerprint density at radius 3 is 1.57 bits per heavy atom. The Morgan fingerprint density at radius 1 is 0.633 bits per heavy atom. The Bertz CT molecular complexity index is 966. The van der Waals surface area contributed by atoms with Gasteiger partial charge in [0.25, 0.3) is 0 Å². The molecule has 0 unspecified atom stereocenters. The number of benzene rings is 3. The number of hydrogen-bond acceptors (Lipinski definition) is 4. The third-order valence-electron chi connectivity index (χ3n) is 4.67. The zero-order valence-corrected chi connectivity index (χ0v) is 17.2. The molecule has 0 saturated heterocycles. The van der Waals surface area contributed by atoms with E-state index in [0.717, 1.165) is 30.2 Å². The maximum Gasteiger partial charge on any atom is 0.314 e. The molecule has 0 bridgehead atoms. The molecule has 0 aromatic heterocycles. The van der Waals surface area contributed by atoms with Crippen molar-refractivity contribution in [2.75, 3.05) is 33.9 Å². The Labute approximate surface area is 176 Å². The number of rotatable bonds is 7. The van der Waals surface area contributed by atoms with Crippen LogP contribution in [-0.4, -0.2) is 24.9 Å². The van der Waals surface area contributed by atoms with Crippen LogP contribution in [0.25, 0.3) is 0 Å². The molecule has 0 saturated carbocycles. The molecule has 0 aliphatic carbocycles. The second-order valence-electron chi connectivity index (χ2n) is 6.70. The average molecular weight is 402 g/mol. The summed E-state index contributed by atoms with van der Waals surface area (Å²) in [6.07, 6.45) is 0. The molecule has 6 nitrogen and oxygen atoms in total. The van der Waals surface area contributed by atoms with Gasteiger partial charge in [-0.05, 0) is 74.5 Å². The van der Waals surface area contributed by atoms with Crippen LogP contribution in [-0.2, 0) is 9.59 Å². The number of carbonyl (C=O) groups excluding carboxylic acids is 2. The van der Waals surface area contributed by atoms with Crippen molar-refractivity contribution < 1.29 is 9.59 Å². The van der Waals surface area contributed by atoms with Crippen LogP contribution in [0, 0.1) is 0 Å². The first kappa shape index (κ1) is 20.9. The van der Waals surface area contributed by atoms with Gasteiger partial charge in [-0.1, -0.05) is 18.2 Å². The van der Waals surface area contributed by atoms with Gasteiger partial charge in [0.1, 0.15) is 0 Å². The maximum absolute atomic E-state index is 12.2. The molecule has 2 amide bonds.